The average Bonchev–Trinajstić information content (AvgIpc) is 3.39. The van der Waals surface area contributed by atoms with E-state index < -0.39 is 6.43 Å². The summed E-state index contributed by atoms with van der Waals surface area (Å²) in [5.41, 5.74) is 6.12. The molecule has 0 aliphatic rings. The lowest BCUT2D eigenvalue weighted by molar-refractivity contribution is 0.151. The molecule has 0 unspecified atom stereocenters. The van der Waals surface area contributed by atoms with Crippen LogP contribution in [0.4, 0.5) is 19.6 Å². The molecule has 0 bridgehead atoms. The highest BCUT2D eigenvalue weighted by molar-refractivity contribution is 7.14. The summed E-state index contributed by atoms with van der Waals surface area (Å²) in [5.74, 6) is 0.646. The summed E-state index contributed by atoms with van der Waals surface area (Å²) >= 11 is 1.52. The highest BCUT2D eigenvalue weighted by Crippen LogP contribution is 2.32. The van der Waals surface area contributed by atoms with Gasteiger partial charge in [0.1, 0.15) is 5.82 Å². The van der Waals surface area contributed by atoms with E-state index in [1.807, 2.05) is 48.2 Å². The number of halogens is 2. The predicted molar refractivity (Wildman–Crippen MR) is 124 cm³/mol. The molecule has 0 aliphatic heterocycles. The first-order valence-electron chi connectivity index (χ1n) is 9.98. The summed E-state index contributed by atoms with van der Waals surface area (Å²) < 4.78 is 28.2. The molecule has 2 aromatic carbocycles. The van der Waals surface area contributed by atoms with Gasteiger partial charge in [0.05, 0.1) is 16.7 Å². The number of fused-ring (bicyclic) bond motifs is 1. The fraction of sp³-hybridized carbons (Fsp3) is 0.125. The van der Waals surface area contributed by atoms with Crippen molar-refractivity contribution in [2.24, 2.45) is 7.05 Å². The zero-order valence-corrected chi connectivity index (χ0v) is 18.2. The Kier molecular flexibility index (Phi) is 5.14. The second-order valence-corrected chi connectivity index (χ2v) is 8.34. The van der Waals surface area contributed by atoms with Crippen molar-refractivity contribution >= 4 is 33.2 Å². The molecule has 0 fully saturated rings. The van der Waals surface area contributed by atoms with Gasteiger partial charge in [-0.3, -0.25) is 4.98 Å². The van der Waals surface area contributed by atoms with E-state index in [1.165, 1.54) is 23.5 Å². The lowest BCUT2D eigenvalue weighted by Crippen LogP contribution is -1.96. The molecule has 160 valence electrons. The van der Waals surface area contributed by atoms with Crippen LogP contribution < -0.4 is 5.32 Å². The number of hydrogen-bond acceptors (Lipinski definition) is 5. The Hall–Kier alpha value is -3.65. The van der Waals surface area contributed by atoms with Crippen molar-refractivity contribution in [3.05, 3.63) is 77.4 Å². The van der Waals surface area contributed by atoms with Gasteiger partial charge in [0.25, 0.3) is 6.43 Å². The van der Waals surface area contributed by atoms with Crippen molar-refractivity contribution in [2.45, 2.75) is 13.3 Å². The van der Waals surface area contributed by atoms with Crippen molar-refractivity contribution in [1.82, 2.24) is 19.5 Å². The average molecular weight is 448 g/mol. The van der Waals surface area contributed by atoms with Crippen LogP contribution in [0, 0.1) is 6.92 Å². The maximum Gasteiger partial charge on any atom is 0.263 e. The molecule has 0 radical (unpaired) electrons. The van der Waals surface area contributed by atoms with Crippen LogP contribution in [0.5, 0.6) is 0 Å². The van der Waals surface area contributed by atoms with Crippen LogP contribution in [-0.4, -0.2) is 19.5 Å². The number of aryl methyl sites for hydroxylation is 2. The van der Waals surface area contributed by atoms with Crippen LogP contribution in [0.1, 0.15) is 17.6 Å². The summed E-state index contributed by atoms with van der Waals surface area (Å²) in [6.07, 6.45) is 1.01. The number of nitrogens with zero attached hydrogens (tertiary/aromatic N) is 4. The standard InChI is InChI=1S/C24H19F2N5S/c1-14-9-19-21(31(2)23(28-19)16-6-3-5-15(10-16)22(25)26)11-18(14)29-24-30-20(13-32-24)17-7-4-8-27-12-17/h3-13,22H,1-2H3,(H,29,30). The van der Waals surface area contributed by atoms with Gasteiger partial charge < -0.3 is 9.88 Å². The van der Waals surface area contributed by atoms with Crippen LogP contribution in [0.2, 0.25) is 0 Å². The van der Waals surface area contributed by atoms with Crippen LogP contribution in [0.25, 0.3) is 33.7 Å². The van der Waals surface area contributed by atoms with Gasteiger partial charge in [-0.25, -0.2) is 18.7 Å². The molecule has 0 amide bonds. The van der Waals surface area contributed by atoms with Crippen molar-refractivity contribution in [3.63, 3.8) is 0 Å². The first-order valence-corrected chi connectivity index (χ1v) is 10.9. The Balaban J connectivity index is 1.50. The van der Waals surface area contributed by atoms with Crippen molar-refractivity contribution < 1.29 is 8.78 Å². The zero-order chi connectivity index (χ0) is 22.2. The number of aromatic nitrogens is 4. The smallest absolute Gasteiger partial charge is 0.263 e. The van der Waals surface area contributed by atoms with Gasteiger partial charge in [-0.15, -0.1) is 11.3 Å². The SMILES string of the molecule is Cc1cc2nc(-c3cccc(C(F)F)c3)n(C)c2cc1Nc1nc(-c2cccnc2)cs1. The van der Waals surface area contributed by atoms with Gasteiger partial charge in [0, 0.05) is 47.2 Å². The number of anilines is 2. The topological polar surface area (TPSA) is 55.6 Å². The van der Waals surface area contributed by atoms with Gasteiger partial charge >= 0.3 is 0 Å². The molecule has 0 aliphatic carbocycles. The van der Waals surface area contributed by atoms with Crippen molar-refractivity contribution in [1.29, 1.82) is 0 Å². The number of thiazole rings is 1. The lowest BCUT2D eigenvalue weighted by atomic mass is 10.1. The largest absolute Gasteiger partial charge is 0.331 e. The monoisotopic (exact) mass is 447 g/mol. The minimum absolute atomic E-state index is 0.0127. The van der Waals surface area contributed by atoms with E-state index >= 15 is 0 Å². The van der Waals surface area contributed by atoms with E-state index in [0.717, 1.165) is 38.7 Å². The van der Waals surface area contributed by atoms with E-state index in [-0.39, 0.29) is 5.56 Å². The van der Waals surface area contributed by atoms with E-state index in [2.05, 4.69) is 15.3 Å². The second kappa shape index (κ2) is 8.12. The van der Waals surface area contributed by atoms with Gasteiger partial charge in [-0.1, -0.05) is 18.2 Å². The third kappa shape index (κ3) is 3.73. The maximum atomic E-state index is 13.1. The van der Waals surface area contributed by atoms with Crippen LogP contribution in [0.15, 0.2) is 66.3 Å². The van der Waals surface area contributed by atoms with E-state index in [9.17, 15) is 8.78 Å². The molecule has 5 aromatic rings. The van der Waals surface area contributed by atoms with Crippen LogP contribution >= 0.6 is 11.3 Å². The third-order valence-electron chi connectivity index (χ3n) is 5.33. The maximum absolute atomic E-state index is 13.1. The Morgan fingerprint density at radius 3 is 2.66 bits per heavy atom. The molecule has 0 saturated carbocycles. The number of benzene rings is 2. The minimum atomic E-state index is -2.52. The van der Waals surface area contributed by atoms with E-state index in [4.69, 9.17) is 4.98 Å². The molecular formula is C24H19F2N5S. The predicted octanol–water partition coefficient (Wildman–Crippen LogP) is 6.75. The first-order chi connectivity index (χ1) is 15.5. The Labute approximate surface area is 187 Å². The number of alkyl halides is 2. The highest BCUT2D eigenvalue weighted by Gasteiger charge is 2.15. The molecule has 3 aromatic heterocycles. The van der Waals surface area contributed by atoms with Gasteiger partial charge in [-0.2, -0.15) is 0 Å². The lowest BCUT2D eigenvalue weighted by Gasteiger charge is -2.08. The highest BCUT2D eigenvalue weighted by atomic mass is 32.1. The minimum Gasteiger partial charge on any atom is -0.331 e. The summed E-state index contributed by atoms with van der Waals surface area (Å²) in [6.45, 7) is 2.00. The number of hydrogen-bond donors (Lipinski definition) is 1. The van der Waals surface area contributed by atoms with Crippen LogP contribution in [-0.2, 0) is 7.05 Å². The summed E-state index contributed by atoms with van der Waals surface area (Å²) in [6, 6.07) is 14.2. The number of pyridine rings is 1. The van der Waals surface area contributed by atoms with Crippen LogP contribution in [0.3, 0.4) is 0 Å². The summed E-state index contributed by atoms with van der Waals surface area (Å²) in [5, 5.41) is 6.17. The number of rotatable bonds is 5. The fourth-order valence-corrected chi connectivity index (χ4v) is 4.37. The number of nitrogens with one attached hydrogen (secondary N) is 1. The molecule has 0 spiro atoms. The Morgan fingerprint density at radius 1 is 1.03 bits per heavy atom. The Morgan fingerprint density at radius 2 is 1.88 bits per heavy atom. The van der Waals surface area contributed by atoms with Gasteiger partial charge in [-0.05, 0) is 42.8 Å². The normalized spacial score (nSPS) is 11.4. The molecule has 0 saturated heterocycles. The van der Waals surface area contributed by atoms with Crippen molar-refractivity contribution in [2.75, 3.05) is 5.32 Å². The summed E-state index contributed by atoms with van der Waals surface area (Å²) in [4.78, 5) is 13.5. The third-order valence-corrected chi connectivity index (χ3v) is 6.08. The van der Waals surface area contributed by atoms with Crippen molar-refractivity contribution in [3.8, 4) is 22.6 Å². The molecular weight excluding hydrogens is 428 g/mol. The molecule has 5 nitrogen and oxygen atoms in total. The summed E-state index contributed by atoms with van der Waals surface area (Å²) in [7, 11) is 1.89. The molecule has 5 rings (SSSR count). The van der Waals surface area contributed by atoms with E-state index in [1.54, 1.807) is 24.5 Å². The molecule has 32 heavy (non-hydrogen) atoms. The second-order valence-electron chi connectivity index (χ2n) is 7.48. The fourth-order valence-electron chi connectivity index (χ4n) is 3.64. The van der Waals surface area contributed by atoms with E-state index in [0.29, 0.717) is 11.4 Å². The van der Waals surface area contributed by atoms with Gasteiger partial charge in [0.2, 0.25) is 0 Å². The quantitative estimate of drug-likeness (QED) is 0.324. The number of imidazole rings is 1. The Bertz CT molecular complexity index is 1410. The molecule has 1 N–H and O–H groups in total. The molecule has 8 heteroatoms. The molecule has 0 atom stereocenters. The molecule has 3 heterocycles. The zero-order valence-electron chi connectivity index (χ0n) is 17.4. The first kappa shape index (κ1) is 20.3. The van der Waals surface area contributed by atoms with Gasteiger partial charge in [0.15, 0.2) is 5.13 Å².